The molecule has 0 aliphatic carbocycles. The summed E-state index contributed by atoms with van der Waals surface area (Å²) in [6.07, 6.45) is 2.96. The fraction of sp³-hybridized carbons (Fsp3) is 0.333. The number of rotatable bonds is 4. The summed E-state index contributed by atoms with van der Waals surface area (Å²) in [5.74, 6) is -1.66. The third-order valence-corrected chi connectivity index (χ3v) is 2.94. The predicted octanol–water partition coefficient (Wildman–Crippen LogP) is 0.0902. The van der Waals surface area contributed by atoms with Gasteiger partial charge in [0, 0.05) is 32.4 Å². The molecule has 0 aliphatic heterocycles. The lowest BCUT2D eigenvalue weighted by Crippen LogP contribution is -2.27. The van der Waals surface area contributed by atoms with Crippen molar-refractivity contribution in [3.05, 3.63) is 34.9 Å². The third kappa shape index (κ3) is 2.53. The summed E-state index contributed by atoms with van der Waals surface area (Å²) < 4.78 is 2.90. The van der Waals surface area contributed by atoms with Gasteiger partial charge in [0.2, 0.25) is 0 Å². The number of hydrogen-bond donors (Lipinski definition) is 2. The Morgan fingerprint density at radius 3 is 2.65 bits per heavy atom. The molecule has 0 spiro atoms. The number of carbonyl (C=O) groups excluding carboxylic acids is 1. The molecule has 0 saturated carbocycles. The summed E-state index contributed by atoms with van der Waals surface area (Å²) in [4.78, 5) is 23.1. The Balaban J connectivity index is 2.15. The molecule has 8 heteroatoms. The van der Waals surface area contributed by atoms with E-state index >= 15 is 0 Å². The quantitative estimate of drug-likeness (QED) is 0.824. The summed E-state index contributed by atoms with van der Waals surface area (Å²) in [6.45, 7) is 2.12. The van der Waals surface area contributed by atoms with E-state index in [4.69, 9.17) is 5.11 Å². The molecule has 2 heterocycles. The second-order valence-corrected chi connectivity index (χ2v) is 4.43. The molecular formula is C12H15N5O3. The number of carboxylic acids is 1. The van der Waals surface area contributed by atoms with Gasteiger partial charge in [-0.15, -0.1) is 0 Å². The number of hydrogen-bond acceptors (Lipinski definition) is 4. The first-order valence-electron chi connectivity index (χ1n) is 5.92. The van der Waals surface area contributed by atoms with Gasteiger partial charge >= 0.3 is 5.97 Å². The van der Waals surface area contributed by atoms with Gasteiger partial charge < -0.3 is 10.4 Å². The van der Waals surface area contributed by atoms with Crippen molar-refractivity contribution in [1.29, 1.82) is 0 Å². The number of aryl methyl sites for hydroxylation is 3. The maximum Gasteiger partial charge on any atom is 0.339 e. The van der Waals surface area contributed by atoms with Gasteiger partial charge in [-0.05, 0) is 6.92 Å². The van der Waals surface area contributed by atoms with E-state index < -0.39 is 11.9 Å². The minimum absolute atomic E-state index is 0.0269. The van der Waals surface area contributed by atoms with Crippen molar-refractivity contribution in [3.8, 4) is 0 Å². The van der Waals surface area contributed by atoms with E-state index in [1.165, 1.54) is 11.7 Å². The molecule has 0 atom stereocenters. The molecule has 0 aromatic carbocycles. The molecule has 1 amide bonds. The van der Waals surface area contributed by atoms with Crippen LogP contribution in [0, 0.1) is 6.92 Å². The molecule has 0 aliphatic rings. The minimum Gasteiger partial charge on any atom is -0.478 e. The number of carbonyl (C=O) groups is 2. The van der Waals surface area contributed by atoms with E-state index in [2.05, 4.69) is 15.5 Å². The standard InChI is InChI=1S/C12H15N5O3/c1-7-8(6-16(2)15-7)4-13-11(18)10-9(12(19)20)5-14-17(10)3/h5-6H,4H2,1-3H3,(H,13,18)(H,19,20). The Hall–Kier alpha value is -2.64. The Kier molecular flexibility index (Phi) is 3.55. The van der Waals surface area contributed by atoms with Crippen molar-refractivity contribution in [2.75, 3.05) is 0 Å². The highest BCUT2D eigenvalue weighted by Crippen LogP contribution is 2.09. The minimum atomic E-state index is -1.18. The van der Waals surface area contributed by atoms with Crippen molar-refractivity contribution in [3.63, 3.8) is 0 Å². The summed E-state index contributed by atoms with van der Waals surface area (Å²) in [7, 11) is 3.32. The zero-order valence-electron chi connectivity index (χ0n) is 11.4. The van der Waals surface area contributed by atoms with Gasteiger partial charge in [0.1, 0.15) is 11.3 Å². The second-order valence-electron chi connectivity index (χ2n) is 4.43. The van der Waals surface area contributed by atoms with Crippen LogP contribution < -0.4 is 5.32 Å². The molecule has 0 fully saturated rings. The number of amides is 1. The van der Waals surface area contributed by atoms with Crippen molar-refractivity contribution in [2.45, 2.75) is 13.5 Å². The third-order valence-electron chi connectivity index (χ3n) is 2.94. The van der Waals surface area contributed by atoms with Crippen LogP contribution in [0.25, 0.3) is 0 Å². The molecular weight excluding hydrogens is 262 g/mol. The van der Waals surface area contributed by atoms with Crippen LogP contribution >= 0.6 is 0 Å². The SMILES string of the molecule is Cc1nn(C)cc1CNC(=O)c1c(C(=O)O)cnn1C. The zero-order valence-corrected chi connectivity index (χ0v) is 11.4. The van der Waals surface area contributed by atoms with Crippen LogP contribution in [0.1, 0.15) is 32.1 Å². The number of nitrogens with zero attached hydrogens (tertiary/aromatic N) is 4. The maximum absolute atomic E-state index is 12.1. The van der Waals surface area contributed by atoms with Gasteiger partial charge in [-0.2, -0.15) is 10.2 Å². The van der Waals surface area contributed by atoms with Gasteiger partial charge in [-0.3, -0.25) is 14.2 Å². The fourth-order valence-electron chi connectivity index (χ4n) is 1.94. The van der Waals surface area contributed by atoms with Crippen LogP contribution in [0.3, 0.4) is 0 Å². The van der Waals surface area contributed by atoms with Crippen molar-refractivity contribution in [2.24, 2.45) is 14.1 Å². The summed E-state index contributed by atoms with van der Waals surface area (Å²) in [6, 6.07) is 0. The number of nitrogens with one attached hydrogen (secondary N) is 1. The van der Waals surface area contributed by atoms with Crippen molar-refractivity contribution >= 4 is 11.9 Å². The molecule has 2 rings (SSSR count). The molecule has 0 saturated heterocycles. The molecule has 8 nitrogen and oxygen atoms in total. The monoisotopic (exact) mass is 277 g/mol. The highest BCUT2D eigenvalue weighted by molar-refractivity contribution is 6.03. The van der Waals surface area contributed by atoms with Gasteiger partial charge in [-0.25, -0.2) is 4.79 Å². The highest BCUT2D eigenvalue weighted by Gasteiger charge is 2.21. The van der Waals surface area contributed by atoms with E-state index in [0.29, 0.717) is 0 Å². The average Bonchev–Trinajstić information content (AvgIpc) is 2.89. The fourth-order valence-corrected chi connectivity index (χ4v) is 1.94. The van der Waals surface area contributed by atoms with Gasteiger partial charge in [0.05, 0.1) is 11.9 Å². The van der Waals surface area contributed by atoms with Crippen molar-refractivity contribution in [1.82, 2.24) is 24.9 Å². The molecule has 20 heavy (non-hydrogen) atoms. The Morgan fingerprint density at radius 1 is 1.40 bits per heavy atom. The van der Waals surface area contributed by atoms with Gasteiger partial charge in [-0.1, -0.05) is 0 Å². The molecule has 0 radical (unpaired) electrons. The van der Waals surface area contributed by atoms with Crippen LogP contribution in [-0.2, 0) is 20.6 Å². The summed E-state index contributed by atoms with van der Waals surface area (Å²) in [5, 5.41) is 19.7. The topological polar surface area (TPSA) is 102 Å². The molecule has 2 aromatic rings. The zero-order chi connectivity index (χ0) is 14.9. The van der Waals surface area contributed by atoms with E-state index in [1.807, 2.05) is 6.92 Å². The molecule has 2 N–H and O–H groups in total. The molecule has 106 valence electrons. The van der Waals surface area contributed by atoms with E-state index in [9.17, 15) is 9.59 Å². The lowest BCUT2D eigenvalue weighted by Gasteiger charge is -2.05. The van der Waals surface area contributed by atoms with Crippen LogP contribution in [0.5, 0.6) is 0 Å². The summed E-state index contributed by atoms with van der Waals surface area (Å²) in [5.41, 5.74) is 1.60. The first-order chi connectivity index (χ1) is 9.40. The van der Waals surface area contributed by atoms with Gasteiger partial charge in [0.25, 0.3) is 5.91 Å². The Bertz CT molecular complexity index is 671. The predicted molar refractivity (Wildman–Crippen MR) is 69.3 cm³/mol. The Morgan fingerprint density at radius 2 is 2.10 bits per heavy atom. The second kappa shape index (κ2) is 5.16. The lowest BCUT2D eigenvalue weighted by atomic mass is 10.2. The number of aromatic nitrogens is 4. The lowest BCUT2D eigenvalue weighted by molar-refractivity contribution is 0.0690. The van der Waals surface area contributed by atoms with E-state index in [1.54, 1.807) is 17.9 Å². The van der Waals surface area contributed by atoms with Crippen LogP contribution in [0.2, 0.25) is 0 Å². The first-order valence-corrected chi connectivity index (χ1v) is 5.92. The Labute approximate surface area is 115 Å². The molecule has 0 bridgehead atoms. The average molecular weight is 277 g/mol. The number of carboxylic acid groups (broad SMARTS) is 1. The smallest absolute Gasteiger partial charge is 0.339 e. The van der Waals surface area contributed by atoms with E-state index in [0.717, 1.165) is 17.5 Å². The van der Waals surface area contributed by atoms with Crippen molar-refractivity contribution < 1.29 is 14.7 Å². The highest BCUT2D eigenvalue weighted by atomic mass is 16.4. The van der Waals surface area contributed by atoms with Crippen LogP contribution in [-0.4, -0.2) is 36.5 Å². The van der Waals surface area contributed by atoms with E-state index in [-0.39, 0.29) is 17.8 Å². The number of aromatic carboxylic acids is 1. The normalized spacial score (nSPS) is 10.6. The molecule has 2 aromatic heterocycles. The van der Waals surface area contributed by atoms with Crippen LogP contribution in [0.15, 0.2) is 12.4 Å². The largest absolute Gasteiger partial charge is 0.478 e. The maximum atomic E-state index is 12.1. The molecule has 0 unspecified atom stereocenters. The van der Waals surface area contributed by atoms with Crippen LogP contribution in [0.4, 0.5) is 0 Å². The first kappa shape index (κ1) is 13.8. The van der Waals surface area contributed by atoms with Gasteiger partial charge in [0.15, 0.2) is 0 Å². The summed E-state index contributed by atoms with van der Waals surface area (Å²) >= 11 is 0.